The van der Waals surface area contributed by atoms with Gasteiger partial charge in [-0.2, -0.15) is 0 Å². The summed E-state index contributed by atoms with van der Waals surface area (Å²) in [6.07, 6.45) is 1.00. The van der Waals surface area contributed by atoms with Crippen molar-refractivity contribution in [2.45, 2.75) is 31.8 Å². The van der Waals surface area contributed by atoms with Crippen LogP contribution in [0, 0.1) is 0 Å². The molecule has 1 unspecified atom stereocenters. The van der Waals surface area contributed by atoms with E-state index in [2.05, 4.69) is 5.32 Å². The average molecular weight is 199 g/mol. The third kappa shape index (κ3) is 2.45. The van der Waals surface area contributed by atoms with Crippen LogP contribution < -0.4 is 11.1 Å². The van der Waals surface area contributed by atoms with E-state index >= 15 is 0 Å². The first-order valence-corrected chi connectivity index (χ1v) is 4.84. The molecule has 14 heavy (non-hydrogen) atoms. The summed E-state index contributed by atoms with van der Waals surface area (Å²) in [4.78, 5) is 24.1. The average Bonchev–Trinajstić information content (AvgIpc) is 2.44. The van der Waals surface area contributed by atoms with Gasteiger partial charge in [0.05, 0.1) is 12.1 Å². The first kappa shape index (κ1) is 11.0. The molecular weight excluding hydrogens is 182 g/mol. The van der Waals surface area contributed by atoms with Crippen molar-refractivity contribution >= 4 is 11.8 Å². The summed E-state index contributed by atoms with van der Waals surface area (Å²) in [6, 6.07) is -0.534. The maximum Gasteiger partial charge on any atom is 0.237 e. The Morgan fingerprint density at radius 3 is 2.86 bits per heavy atom. The van der Waals surface area contributed by atoms with Gasteiger partial charge in [-0.15, -0.1) is 0 Å². The minimum Gasteiger partial charge on any atom is -0.350 e. The van der Waals surface area contributed by atoms with Crippen LogP contribution in [-0.2, 0) is 9.59 Å². The SMILES string of the molecule is CC[C@H](N)C(=O)NC1CC(=O)N(C)C1. The van der Waals surface area contributed by atoms with Crippen molar-refractivity contribution < 1.29 is 9.59 Å². The van der Waals surface area contributed by atoms with Gasteiger partial charge in [-0.1, -0.05) is 6.92 Å². The molecule has 0 aromatic heterocycles. The molecule has 0 spiro atoms. The van der Waals surface area contributed by atoms with Crippen LogP contribution in [0.1, 0.15) is 19.8 Å². The predicted octanol–water partition coefficient (Wildman–Crippen LogP) is -0.929. The van der Waals surface area contributed by atoms with Gasteiger partial charge >= 0.3 is 0 Å². The molecule has 0 radical (unpaired) electrons. The Kier molecular flexibility index (Phi) is 3.46. The molecule has 0 aliphatic carbocycles. The number of likely N-dealkylation sites (N-methyl/N-ethyl adjacent to an activating group) is 1. The lowest BCUT2D eigenvalue weighted by atomic mass is 10.2. The highest BCUT2D eigenvalue weighted by Gasteiger charge is 2.28. The summed E-state index contributed by atoms with van der Waals surface area (Å²) in [7, 11) is 1.73. The van der Waals surface area contributed by atoms with Crippen molar-refractivity contribution in [3.05, 3.63) is 0 Å². The van der Waals surface area contributed by atoms with E-state index in [1.54, 1.807) is 11.9 Å². The van der Waals surface area contributed by atoms with Crippen LogP contribution in [0.2, 0.25) is 0 Å². The van der Waals surface area contributed by atoms with Crippen molar-refractivity contribution in [3.63, 3.8) is 0 Å². The lowest BCUT2D eigenvalue weighted by Gasteiger charge is -2.15. The second-order valence-electron chi connectivity index (χ2n) is 3.70. The summed E-state index contributed by atoms with van der Waals surface area (Å²) < 4.78 is 0. The zero-order valence-electron chi connectivity index (χ0n) is 8.62. The number of rotatable bonds is 3. The third-order valence-corrected chi connectivity index (χ3v) is 2.46. The van der Waals surface area contributed by atoms with Crippen LogP contribution in [0.25, 0.3) is 0 Å². The molecule has 1 heterocycles. The molecule has 80 valence electrons. The number of hydrogen-bond acceptors (Lipinski definition) is 3. The molecule has 1 fully saturated rings. The van der Waals surface area contributed by atoms with Gasteiger partial charge < -0.3 is 16.0 Å². The Bertz CT molecular complexity index is 242. The number of nitrogens with zero attached hydrogens (tertiary/aromatic N) is 1. The fourth-order valence-corrected chi connectivity index (χ4v) is 1.45. The molecule has 0 bridgehead atoms. The first-order chi connectivity index (χ1) is 6.54. The number of carbonyl (C=O) groups is 2. The van der Waals surface area contributed by atoms with Gasteiger partial charge in [0.25, 0.3) is 0 Å². The van der Waals surface area contributed by atoms with E-state index < -0.39 is 6.04 Å². The van der Waals surface area contributed by atoms with Crippen LogP contribution in [0.4, 0.5) is 0 Å². The Hall–Kier alpha value is -1.10. The number of amides is 2. The first-order valence-electron chi connectivity index (χ1n) is 4.84. The number of nitrogens with one attached hydrogen (secondary N) is 1. The van der Waals surface area contributed by atoms with Gasteiger partial charge in [0.15, 0.2) is 0 Å². The van der Waals surface area contributed by atoms with Crippen molar-refractivity contribution in [3.8, 4) is 0 Å². The molecule has 1 aliphatic heterocycles. The van der Waals surface area contributed by atoms with Gasteiger partial charge in [0.2, 0.25) is 11.8 Å². The van der Waals surface area contributed by atoms with E-state index in [-0.39, 0.29) is 17.9 Å². The van der Waals surface area contributed by atoms with Crippen molar-refractivity contribution in [1.82, 2.24) is 10.2 Å². The second-order valence-corrected chi connectivity index (χ2v) is 3.70. The van der Waals surface area contributed by atoms with Crippen LogP contribution >= 0.6 is 0 Å². The van der Waals surface area contributed by atoms with Crippen LogP contribution in [-0.4, -0.2) is 42.4 Å². The summed E-state index contributed by atoms with van der Waals surface area (Å²) in [5.74, 6) is -0.0963. The van der Waals surface area contributed by atoms with E-state index in [9.17, 15) is 9.59 Å². The topological polar surface area (TPSA) is 75.4 Å². The molecule has 2 amide bonds. The Labute approximate surface area is 83.6 Å². The summed E-state index contributed by atoms with van der Waals surface area (Å²) >= 11 is 0. The largest absolute Gasteiger partial charge is 0.350 e. The third-order valence-electron chi connectivity index (χ3n) is 2.46. The number of hydrogen-bond donors (Lipinski definition) is 2. The van der Waals surface area contributed by atoms with Crippen LogP contribution in [0.5, 0.6) is 0 Å². The molecule has 1 aliphatic rings. The number of carbonyl (C=O) groups excluding carboxylic acids is 2. The number of likely N-dealkylation sites (tertiary alicyclic amines) is 1. The summed E-state index contributed by atoms with van der Waals surface area (Å²) in [5.41, 5.74) is 5.55. The highest BCUT2D eigenvalue weighted by atomic mass is 16.2. The van der Waals surface area contributed by atoms with Gasteiger partial charge in [-0.3, -0.25) is 9.59 Å². The highest BCUT2D eigenvalue weighted by Crippen LogP contribution is 2.08. The second kappa shape index (κ2) is 4.41. The van der Waals surface area contributed by atoms with Crippen LogP contribution in [0.15, 0.2) is 0 Å². The van der Waals surface area contributed by atoms with E-state index in [1.165, 1.54) is 0 Å². The van der Waals surface area contributed by atoms with Gasteiger partial charge in [0.1, 0.15) is 0 Å². The zero-order valence-corrected chi connectivity index (χ0v) is 8.62. The molecule has 0 saturated carbocycles. The molecular formula is C9H17N3O2. The minimum atomic E-state index is -0.462. The summed E-state index contributed by atoms with van der Waals surface area (Å²) in [6.45, 7) is 2.44. The fourth-order valence-electron chi connectivity index (χ4n) is 1.45. The van der Waals surface area contributed by atoms with Crippen molar-refractivity contribution in [1.29, 1.82) is 0 Å². The summed E-state index contributed by atoms with van der Waals surface area (Å²) in [5, 5.41) is 2.76. The fraction of sp³-hybridized carbons (Fsp3) is 0.778. The molecule has 5 heteroatoms. The lowest BCUT2D eigenvalue weighted by molar-refractivity contribution is -0.126. The maximum absolute atomic E-state index is 11.4. The quantitative estimate of drug-likeness (QED) is 0.616. The molecule has 2 atom stereocenters. The molecule has 0 aromatic carbocycles. The van der Waals surface area contributed by atoms with Crippen molar-refractivity contribution in [2.24, 2.45) is 5.73 Å². The molecule has 5 nitrogen and oxygen atoms in total. The Balaban J connectivity index is 2.39. The Morgan fingerprint density at radius 1 is 1.79 bits per heavy atom. The molecule has 1 rings (SSSR count). The van der Waals surface area contributed by atoms with Gasteiger partial charge in [0, 0.05) is 20.0 Å². The molecule has 3 N–H and O–H groups in total. The normalized spacial score (nSPS) is 23.8. The predicted molar refractivity (Wildman–Crippen MR) is 52.5 cm³/mol. The van der Waals surface area contributed by atoms with Crippen LogP contribution in [0.3, 0.4) is 0 Å². The highest BCUT2D eigenvalue weighted by molar-refractivity contribution is 5.84. The monoisotopic (exact) mass is 199 g/mol. The molecule has 0 aromatic rings. The minimum absolute atomic E-state index is 0.0698. The zero-order chi connectivity index (χ0) is 10.7. The lowest BCUT2D eigenvalue weighted by Crippen LogP contribution is -2.45. The maximum atomic E-state index is 11.4. The number of nitrogens with two attached hydrogens (primary N) is 1. The van der Waals surface area contributed by atoms with E-state index in [0.717, 1.165) is 0 Å². The Morgan fingerprint density at radius 2 is 2.43 bits per heavy atom. The smallest absolute Gasteiger partial charge is 0.237 e. The standard InChI is InChI=1S/C9H17N3O2/c1-3-7(10)9(14)11-6-4-8(13)12(2)5-6/h6-7H,3-5,10H2,1-2H3,(H,11,14)/t6?,7-/m0/s1. The molecule has 1 saturated heterocycles. The van der Waals surface area contributed by atoms with Gasteiger partial charge in [-0.05, 0) is 6.42 Å². The van der Waals surface area contributed by atoms with E-state index in [4.69, 9.17) is 5.73 Å². The van der Waals surface area contributed by atoms with Crippen molar-refractivity contribution in [2.75, 3.05) is 13.6 Å². The van der Waals surface area contributed by atoms with E-state index in [0.29, 0.717) is 19.4 Å². The van der Waals surface area contributed by atoms with E-state index in [1.807, 2.05) is 6.92 Å². The van der Waals surface area contributed by atoms with Gasteiger partial charge in [-0.25, -0.2) is 0 Å².